The Morgan fingerprint density at radius 3 is 2.91 bits per heavy atom. The molecule has 0 spiro atoms. The number of amides is 1. The maximum absolute atomic E-state index is 12.4. The molecule has 3 rings (SSSR count). The largest absolute Gasteiger partial charge is 0.396 e. The normalized spacial score (nSPS) is 20.0. The lowest BCUT2D eigenvalue weighted by Crippen LogP contribution is -2.32. The average molecular weight is 348 g/mol. The van der Waals surface area contributed by atoms with E-state index < -0.39 is 0 Å². The molecule has 0 aliphatic heterocycles. The van der Waals surface area contributed by atoms with Crippen LogP contribution in [0.1, 0.15) is 21.7 Å². The lowest BCUT2D eigenvalue weighted by atomic mass is 10.1. The lowest BCUT2D eigenvalue weighted by molar-refractivity contribution is 0.0945. The van der Waals surface area contributed by atoms with Crippen molar-refractivity contribution in [2.45, 2.75) is 19.4 Å². The Balaban J connectivity index is 1.75. The van der Waals surface area contributed by atoms with Crippen molar-refractivity contribution in [2.75, 3.05) is 6.61 Å². The van der Waals surface area contributed by atoms with Gasteiger partial charge in [-0.2, -0.15) is 0 Å². The van der Waals surface area contributed by atoms with Gasteiger partial charge in [-0.3, -0.25) is 4.79 Å². The molecular weight excluding hydrogens is 330 g/mol. The Labute approximate surface area is 144 Å². The number of carbonyl (C=O) groups is 1. The molecule has 1 aromatic heterocycles. The van der Waals surface area contributed by atoms with Crippen molar-refractivity contribution in [1.82, 2.24) is 5.32 Å². The van der Waals surface area contributed by atoms with E-state index >= 15 is 0 Å². The summed E-state index contributed by atoms with van der Waals surface area (Å²) in [6.07, 6.45) is 4.67. The topological polar surface area (TPSA) is 49.3 Å². The van der Waals surface area contributed by atoms with Gasteiger partial charge in [0.2, 0.25) is 0 Å². The fourth-order valence-electron chi connectivity index (χ4n) is 2.77. The van der Waals surface area contributed by atoms with Gasteiger partial charge in [0.1, 0.15) is 0 Å². The van der Waals surface area contributed by atoms with Crippen molar-refractivity contribution >= 4 is 28.8 Å². The minimum atomic E-state index is -0.0698. The number of benzene rings is 1. The van der Waals surface area contributed by atoms with Gasteiger partial charge in [-0.15, -0.1) is 11.3 Å². The summed E-state index contributed by atoms with van der Waals surface area (Å²) in [6.45, 7) is 2.13. The number of halogens is 1. The molecule has 0 fully saturated rings. The number of rotatable bonds is 4. The second-order valence-electron chi connectivity index (χ2n) is 5.78. The highest BCUT2D eigenvalue weighted by atomic mass is 35.5. The van der Waals surface area contributed by atoms with Gasteiger partial charge in [0, 0.05) is 28.5 Å². The zero-order valence-electron chi connectivity index (χ0n) is 12.8. The Hall–Kier alpha value is -1.62. The number of hydrogen-bond acceptors (Lipinski definition) is 3. The van der Waals surface area contributed by atoms with E-state index in [2.05, 4.69) is 5.32 Å². The molecule has 0 radical (unpaired) electrons. The number of thiophene rings is 1. The number of aryl methyl sites for hydroxylation is 1. The van der Waals surface area contributed by atoms with Crippen molar-refractivity contribution < 1.29 is 9.90 Å². The summed E-state index contributed by atoms with van der Waals surface area (Å²) in [5.41, 5.74) is 2.10. The van der Waals surface area contributed by atoms with Crippen LogP contribution in [-0.2, 0) is 0 Å². The lowest BCUT2D eigenvalue weighted by Gasteiger charge is -2.11. The van der Waals surface area contributed by atoms with Gasteiger partial charge >= 0.3 is 0 Å². The molecular formula is C18H18ClNO2S. The van der Waals surface area contributed by atoms with Crippen molar-refractivity contribution in [3.63, 3.8) is 0 Å². The molecule has 1 aromatic carbocycles. The van der Waals surface area contributed by atoms with Crippen LogP contribution < -0.4 is 5.32 Å². The molecule has 3 nitrogen and oxygen atoms in total. The molecule has 0 saturated heterocycles. The third-order valence-electron chi connectivity index (χ3n) is 3.95. The molecule has 0 unspecified atom stereocenters. The molecule has 2 N–H and O–H groups in total. The van der Waals surface area contributed by atoms with Crippen LogP contribution in [0.25, 0.3) is 10.4 Å². The van der Waals surface area contributed by atoms with Crippen molar-refractivity contribution in [2.24, 2.45) is 5.92 Å². The first-order chi connectivity index (χ1) is 11.1. The Kier molecular flexibility index (Phi) is 4.85. The number of hydrogen-bond donors (Lipinski definition) is 2. The van der Waals surface area contributed by atoms with Crippen LogP contribution >= 0.6 is 22.9 Å². The SMILES string of the molecule is Cc1cc(C(=O)N[C@@H]2C=C[C@H](CO)C2)sc1-c1cccc(Cl)c1. The number of nitrogens with one attached hydrogen (secondary N) is 1. The highest BCUT2D eigenvalue weighted by Crippen LogP contribution is 2.33. The smallest absolute Gasteiger partial charge is 0.261 e. The second-order valence-corrected chi connectivity index (χ2v) is 7.26. The number of carbonyl (C=O) groups excluding carboxylic acids is 1. The molecule has 120 valence electrons. The van der Waals surface area contributed by atoms with Gasteiger partial charge in [-0.1, -0.05) is 35.9 Å². The highest BCUT2D eigenvalue weighted by molar-refractivity contribution is 7.17. The summed E-state index contributed by atoms with van der Waals surface area (Å²) in [7, 11) is 0. The molecule has 0 bridgehead atoms. The molecule has 1 aliphatic rings. The minimum absolute atomic E-state index is 0.00308. The second kappa shape index (κ2) is 6.87. The molecule has 5 heteroatoms. The van der Waals surface area contributed by atoms with Crippen molar-refractivity contribution in [3.05, 3.63) is 57.9 Å². The highest BCUT2D eigenvalue weighted by Gasteiger charge is 2.21. The van der Waals surface area contributed by atoms with E-state index in [0.717, 1.165) is 22.4 Å². The molecule has 1 amide bonds. The minimum Gasteiger partial charge on any atom is -0.396 e. The summed E-state index contributed by atoms with van der Waals surface area (Å²) < 4.78 is 0. The first kappa shape index (κ1) is 16.2. The van der Waals surface area contributed by atoms with E-state index in [9.17, 15) is 4.79 Å². The number of aliphatic hydroxyl groups excluding tert-OH is 1. The van der Waals surface area contributed by atoms with Crippen LogP contribution in [0.3, 0.4) is 0 Å². The van der Waals surface area contributed by atoms with E-state index in [1.807, 2.05) is 49.4 Å². The van der Waals surface area contributed by atoms with Gasteiger partial charge in [-0.05, 0) is 42.7 Å². The third-order valence-corrected chi connectivity index (χ3v) is 5.47. The Morgan fingerprint density at radius 2 is 2.22 bits per heavy atom. The zero-order valence-corrected chi connectivity index (χ0v) is 14.3. The molecule has 0 saturated carbocycles. The van der Waals surface area contributed by atoms with Crippen LogP contribution in [0.5, 0.6) is 0 Å². The molecule has 2 atom stereocenters. The van der Waals surface area contributed by atoms with E-state index in [1.165, 1.54) is 11.3 Å². The summed E-state index contributed by atoms with van der Waals surface area (Å²) in [5.74, 6) is 0.0759. The maximum atomic E-state index is 12.4. The van der Waals surface area contributed by atoms with Crippen LogP contribution in [0, 0.1) is 12.8 Å². The van der Waals surface area contributed by atoms with Crippen LogP contribution in [0.15, 0.2) is 42.5 Å². The van der Waals surface area contributed by atoms with E-state index in [-0.39, 0.29) is 24.5 Å². The molecule has 1 heterocycles. The van der Waals surface area contributed by atoms with Gasteiger partial charge in [0.15, 0.2) is 0 Å². The number of aliphatic hydroxyl groups is 1. The van der Waals surface area contributed by atoms with Crippen LogP contribution in [0.2, 0.25) is 5.02 Å². The van der Waals surface area contributed by atoms with Crippen molar-refractivity contribution in [1.29, 1.82) is 0 Å². The Bertz CT molecular complexity index is 753. The zero-order chi connectivity index (χ0) is 16.4. The fourth-order valence-corrected chi connectivity index (χ4v) is 4.03. The molecule has 23 heavy (non-hydrogen) atoms. The van der Waals surface area contributed by atoms with Gasteiger partial charge in [-0.25, -0.2) is 0 Å². The van der Waals surface area contributed by atoms with E-state index in [1.54, 1.807) is 0 Å². The van der Waals surface area contributed by atoms with E-state index in [4.69, 9.17) is 16.7 Å². The summed E-state index contributed by atoms with van der Waals surface area (Å²) in [6, 6.07) is 9.57. The fraction of sp³-hybridized carbons (Fsp3) is 0.278. The van der Waals surface area contributed by atoms with Gasteiger partial charge in [0.05, 0.1) is 4.88 Å². The predicted molar refractivity (Wildman–Crippen MR) is 95.1 cm³/mol. The first-order valence-electron chi connectivity index (χ1n) is 7.53. The van der Waals surface area contributed by atoms with Crippen LogP contribution in [-0.4, -0.2) is 23.7 Å². The Morgan fingerprint density at radius 1 is 1.39 bits per heavy atom. The van der Waals surface area contributed by atoms with Crippen LogP contribution in [0.4, 0.5) is 0 Å². The van der Waals surface area contributed by atoms with Crippen molar-refractivity contribution in [3.8, 4) is 10.4 Å². The molecule has 1 aliphatic carbocycles. The monoisotopic (exact) mass is 347 g/mol. The average Bonchev–Trinajstić information content (AvgIpc) is 3.13. The first-order valence-corrected chi connectivity index (χ1v) is 8.72. The van der Waals surface area contributed by atoms with E-state index in [0.29, 0.717) is 9.90 Å². The summed E-state index contributed by atoms with van der Waals surface area (Å²) in [4.78, 5) is 14.2. The standard InChI is InChI=1S/C18H18ClNO2S/c1-11-7-16(18(22)20-15-6-5-12(8-15)10-21)23-17(11)13-3-2-4-14(19)9-13/h2-7,9,12,15,21H,8,10H2,1H3,(H,20,22)/t12-,15+/m0/s1. The van der Waals surface area contributed by atoms with Gasteiger partial charge in [0.25, 0.3) is 5.91 Å². The molecule has 2 aromatic rings. The van der Waals surface area contributed by atoms with Gasteiger partial charge < -0.3 is 10.4 Å². The third kappa shape index (κ3) is 3.66. The predicted octanol–water partition coefficient (Wildman–Crippen LogP) is 4.04. The maximum Gasteiger partial charge on any atom is 0.261 e. The quantitative estimate of drug-likeness (QED) is 0.820. The summed E-state index contributed by atoms with van der Waals surface area (Å²) >= 11 is 7.53. The summed E-state index contributed by atoms with van der Waals surface area (Å²) in [5, 5.41) is 12.8.